The van der Waals surface area contributed by atoms with Gasteiger partial charge in [-0.2, -0.15) is 0 Å². The highest BCUT2D eigenvalue weighted by Gasteiger charge is 2.24. The number of halogens is 2. The first kappa shape index (κ1) is 49.5. The fraction of sp³-hybridized carbons (Fsp3) is 0.209. The molecule has 0 spiro atoms. The zero-order valence-electron chi connectivity index (χ0n) is 44.0. The van der Waals surface area contributed by atoms with Crippen molar-refractivity contribution in [1.82, 2.24) is 9.55 Å². The summed E-state index contributed by atoms with van der Waals surface area (Å²) >= 11 is 0. The Hall–Kier alpha value is -8.03. The Bertz CT molecular complexity index is 3590. The average molecular weight is 979 g/mol. The molecule has 0 saturated heterocycles. The van der Waals surface area contributed by atoms with E-state index in [9.17, 15) is 8.78 Å². The maximum absolute atomic E-state index is 14.5. The van der Waals surface area contributed by atoms with Crippen molar-refractivity contribution in [2.75, 3.05) is 10.6 Å². The van der Waals surface area contributed by atoms with Crippen LogP contribution in [0.1, 0.15) is 103 Å². The molecule has 5 nitrogen and oxygen atoms in total. The van der Waals surface area contributed by atoms with Crippen molar-refractivity contribution >= 4 is 44.6 Å². The SMILES string of the molecule is CC(C)c1cccc(C(C)C)c1-c1cc(Nc2ccccc2Nc2c(-c3ccc(F)cc3)cc(C(C)(C)C)cc2-c2ccc(F)cc2)cc(Oc2ccc3c4ccccc4n(-c4cc(C(C)(C)C)ccn4)c3c2)c1. The minimum atomic E-state index is -0.312. The molecule has 0 aliphatic carbocycles. The summed E-state index contributed by atoms with van der Waals surface area (Å²) in [6.45, 7) is 22.2. The molecule has 0 aliphatic heterocycles. The van der Waals surface area contributed by atoms with Gasteiger partial charge in [0.15, 0.2) is 0 Å². The number of para-hydroxylation sites is 3. The summed E-state index contributed by atoms with van der Waals surface area (Å²) in [5.41, 5.74) is 15.6. The number of hydrogen-bond donors (Lipinski definition) is 2. The molecule has 2 aromatic heterocycles. The minimum absolute atomic E-state index is 0.0563. The van der Waals surface area contributed by atoms with E-state index >= 15 is 0 Å². The number of benzene rings is 8. The topological polar surface area (TPSA) is 51.1 Å². The van der Waals surface area contributed by atoms with E-state index in [2.05, 4.69) is 200 Å². The predicted molar refractivity (Wildman–Crippen MR) is 306 cm³/mol. The summed E-state index contributed by atoms with van der Waals surface area (Å²) in [5, 5.41) is 9.95. The Morgan fingerprint density at radius 1 is 0.486 bits per heavy atom. The lowest BCUT2D eigenvalue weighted by molar-refractivity contribution is 0.484. The van der Waals surface area contributed by atoms with Gasteiger partial charge < -0.3 is 15.4 Å². The first-order chi connectivity index (χ1) is 35.4. The summed E-state index contributed by atoms with van der Waals surface area (Å²) in [5.74, 6) is 2.13. The Kier molecular flexibility index (Phi) is 13.2. The van der Waals surface area contributed by atoms with E-state index < -0.39 is 0 Å². The summed E-state index contributed by atoms with van der Waals surface area (Å²) in [7, 11) is 0. The van der Waals surface area contributed by atoms with E-state index in [1.165, 1.54) is 46.5 Å². The molecule has 0 amide bonds. The highest BCUT2D eigenvalue weighted by atomic mass is 19.1. The number of hydrogen-bond acceptors (Lipinski definition) is 4. The molecular weight excluding hydrogens is 915 g/mol. The molecule has 0 fully saturated rings. The van der Waals surface area contributed by atoms with Crippen LogP contribution in [-0.4, -0.2) is 9.55 Å². The zero-order chi connectivity index (χ0) is 52.1. The second kappa shape index (κ2) is 19.8. The van der Waals surface area contributed by atoms with Crippen LogP contribution in [-0.2, 0) is 10.8 Å². The molecule has 7 heteroatoms. The predicted octanol–water partition coefficient (Wildman–Crippen LogP) is 19.6. The molecule has 10 aromatic rings. The van der Waals surface area contributed by atoms with Gasteiger partial charge in [-0.15, -0.1) is 0 Å². The van der Waals surface area contributed by atoms with Crippen LogP contribution in [0.25, 0.3) is 61.0 Å². The summed E-state index contributed by atoms with van der Waals surface area (Å²) in [6, 6.07) is 57.9. The number of pyridine rings is 1. The van der Waals surface area contributed by atoms with Crippen molar-refractivity contribution < 1.29 is 13.5 Å². The van der Waals surface area contributed by atoms with E-state index in [-0.39, 0.29) is 34.3 Å². The van der Waals surface area contributed by atoms with Gasteiger partial charge in [0.05, 0.1) is 28.1 Å². The molecule has 0 atom stereocenters. The zero-order valence-corrected chi connectivity index (χ0v) is 44.0. The number of fused-ring (bicyclic) bond motifs is 3. The fourth-order valence-corrected chi connectivity index (χ4v) is 10.1. The van der Waals surface area contributed by atoms with Gasteiger partial charge in [0.1, 0.15) is 29.0 Å². The van der Waals surface area contributed by atoms with E-state index in [1.54, 1.807) is 0 Å². The highest BCUT2D eigenvalue weighted by Crippen LogP contribution is 2.46. The first-order valence-corrected chi connectivity index (χ1v) is 25.7. The molecule has 0 radical (unpaired) electrons. The van der Waals surface area contributed by atoms with E-state index in [0.717, 1.165) is 83.8 Å². The Morgan fingerprint density at radius 3 is 1.65 bits per heavy atom. The molecule has 74 heavy (non-hydrogen) atoms. The van der Waals surface area contributed by atoms with Gasteiger partial charge in [0.2, 0.25) is 0 Å². The van der Waals surface area contributed by atoms with Gasteiger partial charge in [0.25, 0.3) is 0 Å². The molecule has 0 bridgehead atoms. The lowest BCUT2D eigenvalue weighted by atomic mass is 9.82. The van der Waals surface area contributed by atoms with Crippen molar-refractivity contribution in [3.05, 3.63) is 216 Å². The molecular formula is C67H64F2N4O. The number of anilines is 4. The third-order valence-corrected chi connectivity index (χ3v) is 14.1. The minimum Gasteiger partial charge on any atom is -0.457 e. The average Bonchev–Trinajstić information content (AvgIpc) is 3.71. The van der Waals surface area contributed by atoms with E-state index in [1.807, 2.05) is 42.6 Å². The third kappa shape index (κ3) is 10.0. The van der Waals surface area contributed by atoms with Crippen LogP contribution in [0.2, 0.25) is 0 Å². The van der Waals surface area contributed by atoms with Crippen LogP contribution in [0, 0.1) is 11.6 Å². The lowest BCUT2D eigenvalue weighted by Crippen LogP contribution is -2.12. The van der Waals surface area contributed by atoms with Crippen molar-refractivity contribution in [3.63, 3.8) is 0 Å². The Balaban J connectivity index is 1.12. The fourth-order valence-electron chi connectivity index (χ4n) is 10.1. The van der Waals surface area contributed by atoms with E-state index in [0.29, 0.717) is 11.5 Å². The molecule has 2 heterocycles. The van der Waals surface area contributed by atoms with Crippen LogP contribution in [0.4, 0.5) is 31.5 Å². The first-order valence-electron chi connectivity index (χ1n) is 25.7. The number of ether oxygens (including phenoxy) is 1. The van der Waals surface area contributed by atoms with Gasteiger partial charge in [-0.05, 0) is 158 Å². The maximum Gasteiger partial charge on any atom is 0.137 e. The molecule has 0 saturated carbocycles. The van der Waals surface area contributed by atoms with Gasteiger partial charge in [-0.1, -0.05) is 142 Å². The molecule has 0 unspecified atom stereocenters. The number of nitrogens with one attached hydrogen (secondary N) is 2. The summed E-state index contributed by atoms with van der Waals surface area (Å²) in [6.07, 6.45) is 1.91. The largest absolute Gasteiger partial charge is 0.457 e. The molecule has 2 N–H and O–H groups in total. The van der Waals surface area contributed by atoms with Crippen molar-refractivity contribution in [2.45, 2.75) is 91.9 Å². The Morgan fingerprint density at radius 2 is 1.05 bits per heavy atom. The van der Waals surface area contributed by atoms with Gasteiger partial charge in [-0.3, -0.25) is 4.57 Å². The van der Waals surface area contributed by atoms with Crippen LogP contribution < -0.4 is 15.4 Å². The second-order valence-electron chi connectivity index (χ2n) is 22.2. The molecule has 8 aromatic carbocycles. The van der Waals surface area contributed by atoms with Crippen LogP contribution in [0.3, 0.4) is 0 Å². The number of aromatic nitrogens is 2. The summed E-state index contributed by atoms with van der Waals surface area (Å²) in [4.78, 5) is 4.93. The van der Waals surface area contributed by atoms with Crippen LogP contribution >= 0.6 is 0 Å². The lowest BCUT2D eigenvalue weighted by Gasteiger charge is -2.26. The van der Waals surface area contributed by atoms with Crippen molar-refractivity contribution in [3.8, 4) is 50.7 Å². The van der Waals surface area contributed by atoms with Gasteiger partial charge in [0, 0.05) is 45.9 Å². The van der Waals surface area contributed by atoms with E-state index in [4.69, 9.17) is 9.72 Å². The summed E-state index contributed by atoms with van der Waals surface area (Å²) < 4.78 is 38.4. The maximum atomic E-state index is 14.5. The smallest absolute Gasteiger partial charge is 0.137 e. The van der Waals surface area contributed by atoms with Crippen molar-refractivity contribution in [1.29, 1.82) is 0 Å². The van der Waals surface area contributed by atoms with Crippen molar-refractivity contribution in [2.24, 2.45) is 0 Å². The Labute approximate surface area is 434 Å². The normalized spacial score (nSPS) is 12.0. The molecule has 10 rings (SSSR count). The number of nitrogens with zero attached hydrogens (tertiary/aromatic N) is 2. The standard InChI is InChI=1S/C67H64F2N4O/c1-41(2)53-17-15-18-54(42(3)4)64(53)45-34-50(39-52(35-45)74-51-30-31-56-55-16-11-14-21-61(55)73(62(56)40-51)63-38-46(32-33-70-63)66(5,6)7)71-59-19-12-13-20-60(59)72-65-57(43-22-26-48(68)27-23-43)36-47(67(8,9)10)37-58(65)44-24-28-49(69)29-25-44/h11-42,71-72H,1-10H3. The molecule has 372 valence electrons. The van der Waals surface area contributed by atoms with Crippen LogP contribution in [0.5, 0.6) is 11.5 Å². The monoisotopic (exact) mass is 979 g/mol. The van der Waals surface area contributed by atoms with Gasteiger partial charge >= 0.3 is 0 Å². The molecule has 0 aliphatic rings. The van der Waals surface area contributed by atoms with Crippen LogP contribution in [0.15, 0.2) is 182 Å². The quantitative estimate of drug-likeness (QED) is 0.128. The number of rotatable bonds is 12. The van der Waals surface area contributed by atoms with Gasteiger partial charge in [-0.25, -0.2) is 13.8 Å². The third-order valence-electron chi connectivity index (χ3n) is 14.1. The second-order valence-corrected chi connectivity index (χ2v) is 22.2. The highest BCUT2D eigenvalue weighted by molar-refractivity contribution is 6.09.